The van der Waals surface area contributed by atoms with Gasteiger partial charge >= 0.3 is 6.18 Å². The van der Waals surface area contributed by atoms with Crippen molar-refractivity contribution < 1.29 is 13.2 Å². The van der Waals surface area contributed by atoms with E-state index in [1.54, 1.807) is 0 Å². The summed E-state index contributed by atoms with van der Waals surface area (Å²) in [6.07, 6.45) is -1.49. The fourth-order valence-electron chi connectivity index (χ4n) is 3.07. The van der Waals surface area contributed by atoms with Crippen LogP contribution in [0.3, 0.4) is 0 Å². The molecule has 0 amide bonds. The smallest absolute Gasteiger partial charge is 0.370 e. The average Bonchev–Trinajstić information content (AvgIpc) is 2.61. The first-order valence-corrected chi connectivity index (χ1v) is 7.67. The summed E-state index contributed by atoms with van der Waals surface area (Å²) in [4.78, 5) is 5.59. The molecular weight excluding hydrogens is 315 g/mol. The molecule has 1 aromatic heterocycles. The van der Waals surface area contributed by atoms with Gasteiger partial charge in [-0.15, -0.1) is 0 Å². The molecule has 2 heterocycles. The van der Waals surface area contributed by atoms with Crippen LogP contribution in [0, 0.1) is 17.4 Å². The molecule has 123 valence electrons. The van der Waals surface area contributed by atoms with E-state index in [1.807, 2.05) is 29.2 Å². The van der Waals surface area contributed by atoms with Gasteiger partial charge in [0.05, 0.1) is 17.4 Å². The second-order valence-corrected chi connectivity index (χ2v) is 5.79. The van der Waals surface area contributed by atoms with Gasteiger partial charge in [-0.1, -0.05) is 24.3 Å². The highest BCUT2D eigenvalue weighted by Gasteiger charge is 2.35. The van der Waals surface area contributed by atoms with E-state index >= 15 is 0 Å². The predicted molar refractivity (Wildman–Crippen MR) is 83.4 cm³/mol. The van der Waals surface area contributed by atoms with E-state index in [2.05, 4.69) is 11.1 Å². The summed E-state index contributed by atoms with van der Waals surface area (Å²) in [5.74, 6) is 0.407. The maximum absolute atomic E-state index is 13.1. The number of nitriles is 1. The third-order valence-corrected chi connectivity index (χ3v) is 4.36. The van der Waals surface area contributed by atoms with Crippen LogP contribution in [0.5, 0.6) is 0 Å². The molecule has 1 aromatic carbocycles. The summed E-state index contributed by atoms with van der Waals surface area (Å²) in [6, 6.07) is 13.3. The minimum atomic E-state index is -4.58. The van der Waals surface area contributed by atoms with Gasteiger partial charge in [-0.25, -0.2) is 4.98 Å². The van der Waals surface area contributed by atoms with Crippen molar-refractivity contribution in [3.8, 4) is 6.07 Å². The fraction of sp³-hybridized carbons (Fsp3) is 0.333. The van der Waals surface area contributed by atoms with E-state index in [0.717, 1.165) is 18.9 Å². The van der Waals surface area contributed by atoms with Crippen LogP contribution in [0.4, 0.5) is 18.9 Å². The third-order valence-electron chi connectivity index (χ3n) is 4.36. The van der Waals surface area contributed by atoms with Gasteiger partial charge in [0.15, 0.2) is 5.69 Å². The maximum Gasteiger partial charge on any atom is 0.419 e. The molecule has 0 spiro atoms. The number of benzene rings is 1. The average molecular weight is 330 g/mol. The summed E-state index contributed by atoms with van der Waals surface area (Å²) in [5, 5.41) is 8.82. The van der Waals surface area contributed by atoms with Gasteiger partial charge in [-0.05, 0) is 36.5 Å². The molecule has 2 aromatic rings. The summed E-state index contributed by atoms with van der Waals surface area (Å²) in [7, 11) is 0. The molecule has 1 radical (unpaired) electrons. The van der Waals surface area contributed by atoms with Crippen molar-refractivity contribution in [2.24, 2.45) is 0 Å². The standard InChI is InChI=1S/C18H15F3N3/c19-18(20,21)16-10-15(12-23-17(16)11-22)24-8-6-14(7-9-24)13-4-2-1-3-5-13/h2-5,10,12,14H,6-9H2. The summed E-state index contributed by atoms with van der Waals surface area (Å²) in [5.41, 5.74) is 0.105. The minimum absolute atomic E-state index is 0.407. The molecule has 3 nitrogen and oxygen atoms in total. The third kappa shape index (κ3) is 3.35. The number of alkyl halides is 3. The number of nitrogens with zero attached hydrogens (tertiary/aromatic N) is 3. The van der Waals surface area contributed by atoms with E-state index in [4.69, 9.17) is 5.26 Å². The molecule has 0 bridgehead atoms. The SMILES string of the molecule is N#Cc1ncc(N2CCC(c3cc[c]cc3)CC2)cc1C(F)(F)F. The summed E-state index contributed by atoms with van der Waals surface area (Å²) < 4.78 is 39.2. The number of piperidine rings is 1. The van der Waals surface area contributed by atoms with Crippen molar-refractivity contribution in [3.05, 3.63) is 59.4 Å². The molecule has 0 N–H and O–H groups in total. The zero-order valence-corrected chi connectivity index (χ0v) is 12.8. The number of rotatable bonds is 2. The van der Waals surface area contributed by atoms with Gasteiger partial charge in [0.1, 0.15) is 6.07 Å². The number of pyridine rings is 1. The highest BCUT2D eigenvalue weighted by molar-refractivity contribution is 5.51. The van der Waals surface area contributed by atoms with Crippen LogP contribution in [-0.2, 0) is 6.18 Å². The van der Waals surface area contributed by atoms with Gasteiger partial charge in [0, 0.05) is 13.1 Å². The molecule has 1 fully saturated rings. The van der Waals surface area contributed by atoms with Gasteiger partial charge < -0.3 is 4.90 Å². The van der Waals surface area contributed by atoms with Gasteiger partial charge in [0.2, 0.25) is 0 Å². The Morgan fingerprint density at radius 1 is 1.21 bits per heavy atom. The monoisotopic (exact) mass is 330 g/mol. The number of halogens is 3. The Morgan fingerprint density at radius 3 is 2.46 bits per heavy atom. The lowest BCUT2D eigenvalue weighted by atomic mass is 9.89. The van der Waals surface area contributed by atoms with Crippen molar-refractivity contribution >= 4 is 5.69 Å². The highest BCUT2D eigenvalue weighted by Crippen LogP contribution is 2.35. The Labute approximate surface area is 138 Å². The Balaban J connectivity index is 1.76. The first kappa shape index (κ1) is 16.3. The Hall–Kier alpha value is -2.55. The molecular formula is C18H15F3N3. The molecule has 1 aliphatic heterocycles. The molecule has 0 saturated carbocycles. The van der Waals surface area contributed by atoms with Gasteiger partial charge in [-0.3, -0.25) is 0 Å². The van der Waals surface area contributed by atoms with Crippen LogP contribution in [0.25, 0.3) is 0 Å². The Bertz CT molecular complexity index is 742. The van der Waals surface area contributed by atoms with E-state index in [-0.39, 0.29) is 0 Å². The molecule has 0 atom stereocenters. The lowest BCUT2D eigenvalue weighted by Gasteiger charge is -2.34. The number of hydrogen-bond donors (Lipinski definition) is 0. The molecule has 0 aliphatic carbocycles. The van der Waals surface area contributed by atoms with Crippen molar-refractivity contribution in [1.82, 2.24) is 4.98 Å². The first-order valence-electron chi connectivity index (χ1n) is 7.67. The van der Waals surface area contributed by atoms with Gasteiger partial charge in [0.25, 0.3) is 0 Å². The van der Waals surface area contributed by atoms with Crippen molar-refractivity contribution in [2.45, 2.75) is 24.9 Å². The van der Waals surface area contributed by atoms with E-state index in [0.29, 0.717) is 24.7 Å². The summed E-state index contributed by atoms with van der Waals surface area (Å²) in [6.45, 7) is 1.32. The lowest BCUT2D eigenvalue weighted by Crippen LogP contribution is -2.33. The molecule has 0 unspecified atom stereocenters. The highest BCUT2D eigenvalue weighted by atomic mass is 19.4. The number of anilines is 1. The topological polar surface area (TPSA) is 39.9 Å². The fourth-order valence-corrected chi connectivity index (χ4v) is 3.07. The quantitative estimate of drug-likeness (QED) is 0.830. The van der Waals surface area contributed by atoms with Crippen LogP contribution in [0.2, 0.25) is 0 Å². The van der Waals surface area contributed by atoms with Crippen molar-refractivity contribution in [1.29, 1.82) is 5.26 Å². The lowest BCUT2D eigenvalue weighted by molar-refractivity contribution is -0.138. The predicted octanol–water partition coefficient (Wildman–Crippen LogP) is 4.16. The van der Waals surface area contributed by atoms with Crippen molar-refractivity contribution in [2.75, 3.05) is 18.0 Å². The normalized spacial score (nSPS) is 16.0. The number of aromatic nitrogens is 1. The van der Waals surface area contributed by atoms with Crippen molar-refractivity contribution in [3.63, 3.8) is 0 Å². The molecule has 3 rings (SSSR count). The van der Waals surface area contributed by atoms with Crippen LogP contribution in [0.15, 0.2) is 36.5 Å². The van der Waals surface area contributed by atoms with Gasteiger partial charge in [-0.2, -0.15) is 18.4 Å². The molecule has 1 saturated heterocycles. The van der Waals surface area contributed by atoms with Crippen LogP contribution in [-0.4, -0.2) is 18.1 Å². The molecule has 24 heavy (non-hydrogen) atoms. The Morgan fingerprint density at radius 2 is 1.88 bits per heavy atom. The zero-order chi connectivity index (χ0) is 17.2. The van der Waals surface area contributed by atoms with Crippen LogP contribution < -0.4 is 4.90 Å². The minimum Gasteiger partial charge on any atom is -0.370 e. The summed E-state index contributed by atoms with van der Waals surface area (Å²) >= 11 is 0. The van der Waals surface area contributed by atoms with E-state index in [1.165, 1.54) is 17.8 Å². The Kier molecular flexibility index (Phi) is 4.43. The largest absolute Gasteiger partial charge is 0.419 e. The molecule has 6 heteroatoms. The van der Waals surface area contributed by atoms with E-state index < -0.39 is 17.4 Å². The second kappa shape index (κ2) is 6.52. The zero-order valence-electron chi connectivity index (χ0n) is 12.8. The van der Waals surface area contributed by atoms with Crippen LogP contribution in [0.1, 0.15) is 35.6 Å². The maximum atomic E-state index is 13.1. The first-order chi connectivity index (χ1) is 11.5. The molecule has 1 aliphatic rings. The van der Waals surface area contributed by atoms with E-state index in [9.17, 15) is 13.2 Å². The second-order valence-electron chi connectivity index (χ2n) is 5.79. The van der Waals surface area contributed by atoms with Crippen LogP contribution >= 0.6 is 0 Å². The number of hydrogen-bond acceptors (Lipinski definition) is 3.